The molecule has 0 fully saturated rings. The van der Waals surface area contributed by atoms with Gasteiger partial charge in [0, 0.05) is 41.5 Å². The van der Waals surface area contributed by atoms with Crippen LogP contribution in [0.2, 0.25) is 0 Å². The van der Waals surface area contributed by atoms with Gasteiger partial charge < -0.3 is 0 Å². The van der Waals surface area contributed by atoms with Crippen molar-refractivity contribution in [2.45, 2.75) is 0 Å². The van der Waals surface area contributed by atoms with Crippen molar-refractivity contribution in [3.05, 3.63) is 189 Å². The van der Waals surface area contributed by atoms with Gasteiger partial charge in [-0.2, -0.15) is 0 Å². The zero-order chi connectivity index (χ0) is 34.7. The van der Waals surface area contributed by atoms with Crippen LogP contribution in [-0.4, -0.2) is 24.9 Å². The molecule has 0 saturated heterocycles. The van der Waals surface area contributed by atoms with Crippen molar-refractivity contribution >= 4 is 10.8 Å². The molecule has 0 unspecified atom stereocenters. The minimum absolute atomic E-state index is 0.584. The summed E-state index contributed by atoms with van der Waals surface area (Å²) in [4.78, 5) is 23.3. The summed E-state index contributed by atoms with van der Waals surface area (Å²) in [7, 11) is 0. The molecule has 9 aromatic rings. The Balaban J connectivity index is 1.22. The van der Waals surface area contributed by atoms with Gasteiger partial charge in [0.25, 0.3) is 0 Å². The van der Waals surface area contributed by atoms with Crippen LogP contribution in [0.25, 0.3) is 89.4 Å². The number of nitrogens with zero attached hydrogens (tertiary/aromatic N) is 5. The highest BCUT2D eigenvalue weighted by Gasteiger charge is 2.18. The Hall–Kier alpha value is -7.11. The predicted octanol–water partition coefficient (Wildman–Crippen LogP) is 11.5. The standard InChI is InChI=1S/C47H31N5/c1-2-11-33(12-3-1)44-31-38(47-51-45(34-22-26-48-27-23-34)50-46(52-47)35-24-28-49-29-25-35)20-21-43(44)42-17-9-8-16-41(42)40-15-7-6-14-39(40)37-19-18-32-10-4-5-13-36(32)30-37/h1-31H. The normalized spacial score (nSPS) is 11.1. The van der Waals surface area contributed by atoms with Crippen molar-refractivity contribution in [3.8, 4) is 78.7 Å². The predicted molar refractivity (Wildman–Crippen MR) is 211 cm³/mol. The fourth-order valence-corrected chi connectivity index (χ4v) is 6.82. The number of aromatic nitrogens is 5. The lowest BCUT2D eigenvalue weighted by molar-refractivity contribution is 1.07. The molecule has 0 atom stereocenters. The quantitative estimate of drug-likeness (QED) is 0.169. The molecule has 0 radical (unpaired) electrons. The average Bonchev–Trinajstić information content (AvgIpc) is 3.24. The van der Waals surface area contributed by atoms with E-state index >= 15 is 0 Å². The highest BCUT2D eigenvalue weighted by atomic mass is 15.0. The molecule has 3 aromatic heterocycles. The SMILES string of the molecule is c1ccc(-c2cc(-c3nc(-c4ccncc4)nc(-c4ccncc4)n3)ccc2-c2ccccc2-c2ccccc2-c2ccc3ccccc3c2)cc1. The van der Waals surface area contributed by atoms with Crippen molar-refractivity contribution < 1.29 is 0 Å². The lowest BCUT2D eigenvalue weighted by atomic mass is 9.86. The summed E-state index contributed by atoms with van der Waals surface area (Å²) in [5.41, 5.74) is 11.8. The molecule has 5 nitrogen and oxygen atoms in total. The number of rotatable bonds is 7. The molecular formula is C47H31N5. The molecule has 52 heavy (non-hydrogen) atoms. The maximum Gasteiger partial charge on any atom is 0.164 e. The van der Waals surface area contributed by atoms with Crippen LogP contribution < -0.4 is 0 Å². The van der Waals surface area contributed by atoms with Crippen molar-refractivity contribution in [1.29, 1.82) is 0 Å². The van der Waals surface area contributed by atoms with Crippen LogP contribution in [0.5, 0.6) is 0 Å². The van der Waals surface area contributed by atoms with Gasteiger partial charge >= 0.3 is 0 Å². The summed E-state index contributed by atoms with van der Waals surface area (Å²) >= 11 is 0. The van der Waals surface area contributed by atoms with Crippen molar-refractivity contribution in [1.82, 2.24) is 24.9 Å². The molecule has 0 saturated carbocycles. The molecule has 0 amide bonds. The average molecular weight is 666 g/mol. The van der Waals surface area contributed by atoms with Gasteiger partial charge in [0.15, 0.2) is 17.5 Å². The largest absolute Gasteiger partial charge is 0.265 e. The first-order valence-corrected chi connectivity index (χ1v) is 17.2. The number of pyridine rings is 2. The third-order valence-electron chi connectivity index (χ3n) is 9.37. The Morgan fingerprint density at radius 1 is 0.250 bits per heavy atom. The molecule has 3 heterocycles. The summed E-state index contributed by atoms with van der Waals surface area (Å²) in [6.45, 7) is 0. The molecule has 0 aliphatic rings. The highest BCUT2D eigenvalue weighted by Crippen LogP contribution is 2.43. The maximum absolute atomic E-state index is 5.00. The second-order valence-electron chi connectivity index (χ2n) is 12.6. The molecule has 0 N–H and O–H groups in total. The van der Waals surface area contributed by atoms with Crippen LogP contribution in [0.1, 0.15) is 0 Å². The molecule has 0 bridgehead atoms. The van der Waals surface area contributed by atoms with Crippen molar-refractivity contribution in [2.75, 3.05) is 0 Å². The van der Waals surface area contributed by atoms with Crippen LogP contribution in [0.4, 0.5) is 0 Å². The lowest BCUT2D eigenvalue weighted by Crippen LogP contribution is -2.01. The minimum atomic E-state index is 0.584. The molecule has 6 aromatic carbocycles. The van der Waals surface area contributed by atoms with E-state index < -0.39 is 0 Å². The molecule has 0 aliphatic heterocycles. The third kappa shape index (κ3) is 6.01. The number of benzene rings is 6. The van der Waals surface area contributed by atoms with E-state index in [0.29, 0.717) is 17.5 Å². The zero-order valence-corrected chi connectivity index (χ0v) is 28.1. The van der Waals surface area contributed by atoms with Gasteiger partial charge in [0.2, 0.25) is 0 Å². The van der Waals surface area contributed by atoms with Gasteiger partial charge in [0.1, 0.15) is 0 Å². The Morgan fingerprint density at radius 2 is 0.712 bits per heavy atom. The summed E-state index contributed by atoms with van der Waals surface area (Å²) in [5.74, 6) is 1.76. The Morgan fingerprint density at radius 3 is 1.33 bits per heavy atom. The van der Waals surface area contributed by atoms with E-state index in [1.165, 1.54) is 27.5 Å². The number of hydrogen-bond acceptors (Lipinski definition) is 5. The van der Waals surface area contributed by atoms with Crippen LogP contribution in [0.15, 0.2) is 189 Å². The van der Waals surface area contributed by atoms with E-state index in [-0.39, 0.29) is 0 Å². The molecule has 9 rings (SSSR count). The highest BCUT2D eigenvalue weighted by molar-refractivity contribution is 5.98. The molecule has 244 valence electrons. The first kappa shape index (κ1) is 30.9. The maximum atomic E-state index is 5.00. The van der Waals surface area contributed by atoms with Gasteiger partial charge in [-0.1, -0.05) is 127 Å². The molecule has 0 aliphatic carbocycles. The first-order chi connectivity index (χ1) is 25.8. The van der Waals surface area contributed by atoms with E-state index in [2.05, 4.69) is 149 Å². The molecule has 5 heteroatoms. The second-order valence-corrected chi connectivity index (χ2v) is 12.6. The Kier molecular flexibility index (Phi) is 8.12. The number of hydrogen-bond donors (Lipinski definition) is 0. The van der Waals surface area contributed by atoms with Gasteiger partial charge in [-0.05, 0) is 91.7 Å². The molecular weight excluding hydrogens is 635 g/mol. The molecule has 0 spiro atoms. The van der Waals surface area contributed by atoms with Gasteiger partial charge in [0.05, 0.1) is 0 Å². The van der Waals surface area contributed by atoms with E-state index in [1.54, 1.807) is 24.8 Å². The van der Waals surface area contributed by atoms with Gasteiger partial charge in [-0.3, -0.25) is 9.97 Å². The van der Waals surface area contributed by atoms with Crippen LogP contribution >= 0.6 is 0 Å². The fraction of sp³-hybridized carbons (Fsp3) is 0. The minimum Gasteiger partial charge on any atom is -0.265 e. The smallest absolute Gasteiger partial charge is 0.164 e. The van der Waals surface area contributed by atoms with E-state index in [0.717, 1.165) is 44.5 Å². The Labute approximate surface area is 302 Å². The van der Waals surface area contributed by atoms with E-state index in [1.807, 2.05) is 24.3 Å². The van der Waals surface area contributed by atoms with Crippen LogP contribution in [-0.2, 0) is 0 Å². The van der Waals surface area contributed by atoms with E-state index in [9.17, 15) is 0 Å². The van der Waals surface area contributed by atoms with Crippen LogP contribution in [0.3, 0.4) is 0 Å². The van der Waals surface area contributed by atoms with Crippen molar-refractivity contribution in [2.24, 2.45) is 0 Å². The fourth-order valence-electron chi connectivity index (χ4n) is 6.82. The lowest BCUT2D eigenvalue weighted by Gasteiger charge is -2.18. The summed E-state index contributed by atoms with van der Waals surface area (Å²) in [6.07, 6.45) is 7.01. The topological polar surface area (TPSA) is 64.5 Å². The summed E-state index contributed by atoms with van der Waals surface area (Å²) in [6, 6.07) is 57.4. The van der Waals surface area contributed by atoms with E-state index in [4.69, 9.17) is 15.0 Å². The summed E-state index contributed by atoms with van der Waals surface area (Å²) in [5, 5.41) is 2.46. The van der Waals surface area contributed by atoms with Gasteiger partial charge in [-0.25, -0.2) is 15.0 Å². The van der Waals surface area contributed by atoms with Crippen LogP contribution in [0, 0.1) is 0 Å². The Bertz CT molecular complexity index is 2620. The zero-order valence-electron chi connectivity index (χ0n) is 28.1. The monoisotopic (exact) mass is 665 g/mol. The van der Waals surface area contributed by atoms with Gasteiger partial charge in [-0.15, -0.1) is 0 Å². The number of fused-ring (bicyclic) bond motifs is 1. The van der Waals surface area contributed by atoms with Crippen molar-refractivity contribution in [3.63, 3.8) is 0 Å². The second kappa shape index (κ2) is 13.7. The first-order valence-electron chi connectivity index (χ1n) is 17.2. The summed E-state index contributed by atoms with van der Waals surface area (Å²) < 4.78 is 0. The third-order valence-corrected chi connectivity index (χ3v) is 9.37.